The summed E-state index contributed by atoms with van der Waals surface area (Å²) in [6, 6.07) is 0.0878. The Morgan fingerprint density at radius 3 is 2.67 bits per heavy atom. The van der Waals surface area contributed by atoms with Gasteiger partial charge >= 0.3 is 5.97 Å². The summed E-state index contributed by atoms with van der Waals surface area (Å²) in [6.07, 6.45) is 2.20. The topological polar surface area (TPSA) is 52.6 Å². The highest BCUT2D eigenvalue weighted by atomic mass is 16.4. The molecule has 1 unspecified atom stereocenters. The van der Waals surface area contributed by atoms with Gasteiger partial charge in [-0.25, -0.2) is 0 Å². The maximum absolute atomic E-state index is 10.7. The highest BCUT2D eigenvalue weighted by Gasteiger charge is 2.31. The van der Waals surface area contributed by atoms with Crippen LogP contribution in [0.15, 0.2) is 0 Å². The summed E-state index contributed by atoms with van der Waals surface area (Å²) in [4.78, 5) is 13.0. The lowest BCUT2D eigenvalue weighted by Crippen LogP contribution is -2.43. The van der Waals surface area contributed by atoms with Crippen molar-refractivity contribution in [3.8, 4) is 0 Å². The molecule has 0 aromatic heterocycles. The van der Waals surface area contributed by atoms with Gasteiger partial charge in [0.15, 0.2) is 0 Å². The molecule has 3 aliphatic rings. The maximum atomic E-state index is 10.7. The molecule has 1 atom stereocenters. The third kappa shape index (κ3) is 1.44. The third-order valence-electron chi connectivity index (χ3n) is 2.76. The minimum absolute atomic E-state index is 0.347. The molecule has 3 rings (SSSR count). The van der Waals surface area contributed by atoms with E-state index in [0.717, 1.165) is 25.9 Å². The van der Waals surface area contributed by atoms with E-state index in [9.17, 15) is 4.79 Å². The second kappa shape index (κ2) is 3.03. The Kier molecular flexibility index (Phi) is 2.02. The molecule has 0 radical (unpaired) electrons. The molecule has 2 N–H and O–H groups in total. The smallest absolute Gasteiger partial charge is 0.322 e. The number of rotatable bonds is 1. The zero-order chi connectivity index (χ0) is 8.55. The number of fused-ring (bicyclic) bond motifs is 4. The summed E-state index contributed by atoms with van der Waals surface area (Å²) in [5.74, 6) is -0.714. The van der Waals surface area contributed by atoms with Crippen molar-refractivity contribution in [2.45, 2.75) is 24.9 Å². The first-order chi connectivity index (χ1) is 5.75. The normalized spacial score (nSPS) is 40.8. The van der Waals surface area contributed by atoms with Gasteiger partial charge in [-0.3, -0.25) is 4.79 Å². The van der Waals surface area contributed by atoms with E-state index in [2.05, 4.69) is 10.2 Å². The summed E-state index contributed by atoms with van der Waals surface area (Å²) >= 11 is 0. The van der Waals surface area contributed by atoms with Gasteiger partial charge < -0.3 is 15.3 Å². The second-order valence-corrected chi connectivity index (χ2v) is 3.63. The molecule has 0 amide bonds. The number of piperidine rings is 1. The summed E-state index contributed by atoms with van der Waals surface area (Å²) in [6.45, 7) is 2.79. The highest BCUT2D eigenvalue weighted by molar-refractivity contribution is 5.73. The van der Waals surface area contributed by atoms with E-state index in [-0.39, 0.29) is 6.04 Å². The molecule has 68 valence electrons. The lowest BCUT2D eigenvalue weighted by Gasteiger charge is -2.25. The predicted octanol–water partition coefficient (Wildman–Crippen LogP) is -0.493. The molecular weight excluding hydrogens is 156 g/mol. The summed E-state index contributed by atoms with van der Waals surface area (Å²) in [5.41, 5.74) is 0. The first kappa shape index (κ1) is 8.01. The van der Waals surface area contributed by atoms with Gasteiger partial charge in [-0.1, -0.05) is 0 Å². The number of carbonyl (C=O) groups is 1. The first-order valence-corrected chi connectivity index (χ1v) is 4.47. The van der Waals surface area contributed by atoms with Crippen molar-refractivity contribution in [2.24, 2.45) is 0 Å². The van der Waals surface area contributed by atoms with E-state index in [0.29, 0.717) is 12.6 Å². The van der Waals surface area contributed by atoms with Gasteiger partial charge in [0.05, 0.1) is 0 Å². The van der Waals surface area contributed by atoms with Crippen LogP contribution in [0.3, 0.4) is 0 Å². The number of nitrogens with one attached hydrogen (secondary N) is 1. The van der Waals surface area contributed by atoms with Gasteiger partial charge in [0.25, 0.3) is 0 Å². The van der Waals surface area contributed by atoms with Crippen LogP contribution in [-0.4, -0.2) is 47.7 Å². The van der Waals surface area contributed by atoms with Gasteiger partial charge in [-0.05, 0) is 25.9 Å². The van der Waals surface area contributed by atoms with E-state index in [1.165, 1.54) is 0 Å². The summed E-state index contributed by atoms with van der Waals surface area (Å²) in [5, 5.41) is 12.0. The Morgan fingerprint density at radius 2 is 2.08 bits per heavy atom. The number of carboxylic acid groups (broad SMARTS) is 1. The van der Waals surface area contributed by atoms with Crippen molar-refractivity contribution in [3.63, 3.8) is 0 Å². The van der Waals surface area contributed by atoms with Crippen LogP contribution in [-0.2, 0) is 4.79 Å². The minimum Gasteiger partial charge on any atom is -0.480 e. The molecule has 0 spiro atoms. The van der Waals surface area contributed by atoms with Crippen LogP contribution in [0.25, 0.3) is 0 Å². The van der Waals surface area contributed by atoms with Crippen LogP contribution in [0.5, 0.6) is 0 Å². The van der Waals surface area contributed by atoms with Gasteiger partial charge in [0.2, 0.25) is 0 Å². The molecule has 0 aliphatic carbocycles. The number of hydrogen-bond acceptors (Lipinski definition) is 3. The van der Waals surface area contributed by atoms with Crippen LogP contribution in [0.1, 0.15) is 12.8 Å². The molecule has 0 aromatic carbocycles. The molecule has 4 heteroatoms. The fourth-order valence-corrected chi connectivity index (χ4v) is 2.03. The van der Waals surface area contributed by atoms with E-state index in [1.54, 1.807) is 0 Å². The quantitative estimate of drug-likeness (QED) is 0.557. The molecule has 0 aromatic rings. The van der Waals surface area contributed by atoms with Crippen LogP contribution < -0.4 is 5.32 Å². The van der Waals surface area contributed by atoms with E-state index in [4.69, 9.17) is 5.11 Å². The average molecular weight is 170 g/mol. The fourth-order valence-electron chi connectivity index (χ4n) is 2.03. The Morgan fingerprint density at radius 1 is 1.42 bits per heavy atom. The number of nitrogens with zero attached hydrogens (tertiary/aromatic N) is 1. The van der Waals surface area contributed by atoms with Crippen LogP contribution in [0.4, 0.5) is 0 Å². The largest absolute Gasteiger partial charge is 0.480 e. The Balaban J connectivity index is 2.06. The lowest BCUT2D eigenvalue weighted by molar-refractivity contribution is -0.139. The number of aliphatic carboxylic acids is 1. The van der Waals surface area contributed by atoms with Crippen LogP contribution in [0.2, 0.25) is 0 Å². The molecule has 0 saturated carbocycles. The van der Waals surface area contributed by atoms with Crippen molar-refractivity contribution in [1.29, 1.82) is 0 Å². The molecule has 12 heavy (non-hydrogen) atoms. The van der Waals surface area contributed by atoms with Crippen LogP contribution in [0, 0.1) is 0 Å². The summed E-state index contributed by atoms with van der Waals surface area (Å²) in [7, 11) is 0. The minimum atomic E-state index is -0.714. The molecule has 3 fully saturated rings. The second-order valence-electron chi connectivity index (χ2n) is 3.63. The van der Waals surface area contributed by atoms with Gasteiger partial charge in [0, 0.05) is 12.6 Å². The fraction of sp³-hybridized carbons (Fsp3) is 0.875. The predicted molar refractivity (Wildman–Crippen MR) is 44.0 cm³/mol. The Bertz CT molecular complexity index is 173. The van der Waals surface area contributed by atoms with Gasteiger partial charge in [-0.15, -0.1) is 0 Å². The van der Waals surface area contributed by atoms with Crippen molar-refractivity contribution in [2.75, 3.05) is 19.6 Å². The molecule has 3 saturated heterocycles. The van der Waals surface area contributed by atoms with E-state index < -0.39 is 5.97 Å². The Labute approximate surface area is 71.5 Å². The number of hydrogen-bond donors (Lipinski definition) is 2. The van der Waals surface area contributed by atoms with Crippen molar-refractivity contribution < 1.29 is 9.90 Å². The van der Waals surface area contributed by atoms with Crippen molar-refractivity contribution in [1.82, 2.24) is 10.2 Å². The standard InChI is InChI=1S/C8H14N2O2/c11-8(12)7-5-10-3-1-6(9-7)2-4-10/h6-7,9H,1-5H2,(H,11,12). The highest BCUT2D eigenvalue weighted by Crippen LogP contribution is 2.15. The molecule has 3 heterocycles. The summed E-state index contributed by atoms with van der Waals surface area (Å²) < 4.78 is 0. The van der Waals surface area contributed by atoms with Crippen molar-refractivity contribution in [3.05, 3.63) is 0 Å². The zero-order valence-electron chi connectivity index (χ0n) is 6.99. The maximum Gasteiger partial charge on any atom is 0.322 e. The SMILES string of the molecule is O=C(O)C1CN2CCC(CC2)N1. The molecule has 4 nitrogen and oxygen atoms in total. The Hall–Kier alpha value is -0.610. The van der Waals surface area contributed by atoms with E-state index in [1.807, 2.05) is 0 Å². The van der Waals surface area contributed by atoms with Gasteiger partial charge in [-0.2, -0.15) is 0 Å². The molecule has 2 bridgehead atoms. The number of carboxylic acids is 1. The average Bonchev–Trinajstić information content (AvgIpc) is 2.36. The third-order valence-corrected chi connectivity index (χ3v) is 2.76. The van der Waals surface area contributed by atoms with Gasteiger partial charge in [0.1, 0.15) is 6.04 Å². The lowest BCUT2D eigenvalue weighted by atomic mass is 10.1. The monoisotopic (exact) mass is 170 g/mol. The van der Waals surface area contributed by atoms with Crippen LogP contribution >= 0.6 is 0 Å². The van der Waals surface area contributed by atoms with Crippen molar-refractivity contribution >= 4 is 5.97 Å². The first-order valence-electron chi connectivity index (χ1n) is 4.47. The molecule has 3 aliphatic heterocycles. The van der Waals surface area contributed by atoms with E-state index >= 15 is 0 Å². The zero-order valence-corrected chi connectivity index (χ0v) is 6.99. The molecular formula is C8H14N2O2.